The van der Waals surface area contributed by atoms with Crippen molar-refractivity contribution < 1.29 is 14.3 Å². The molecule has 1 heterocycles. The minimum Gasteiger partial charge on any atom is -0.489 e. The van der Waals surface area contributed by atoms with Gasteiger partial charge in [-0.1, -0.05) is 11.6 Å². The highest BCUT2D eigenvalue weighted by atomic mass is 127. The number of carbonyl (C=O) groups excluding carboxylic acids is 1. The molecule has 106 valence electrons. The van der Waals surface area contributed by atoms with Gasteiger partial charge in [0.2, 0.25) is 0 Å². The number of esters is 1. The van der Waals surface area contributed by atoms with Crippen molar-refractivity contribution in [2.24, 2.45) is 5.92 Å². The molecule has 0 bridgehead atoms. The number of halogens is 2. The van der Waals surface area contributed by atoms with Crippen molar-refractivity contribution in [2.75, 3.05) is 13.7 Å². The Kier molecular flexibility index (Phi) is 5.04. The summed E-state index contributed by atoms with van der Waals surface area (Å²) in [5, 5.41) is 1.46. The van der Waals surface area contributed by atoms with Crippen LogP contribution in [0.3, 0.4) is 0 Å². The van der Waals surface area contributed by atoms with Crippen LogP contribution in [-0.2, 0) is 9.53 Å². The van der Waals surface area contributed by atoms with Gasteiger partial charge in [-0.2, -0.15) is 0 Å². The molecule has 0 spiro atoms. The largest absolute Gasteiger partial charge is 0.489 e. The minimum absolute atomic E-state index is 0.232. The lowest BCUT2D eigenvalue weighted by Crippen LogP contribution is -2.20. The second kappa shape index (κ2) is 6.58. The Labute approximate surface area is 135 Å². The molecule has 0 fully saturated rings. The van der Waals surface area contributed by atoms with Crippen LogP contribution in [0.2, 0.25) is 5.02 Å². The normalized spacial score (nSPS) is 12.2. The van der Waals surface area contributed by atoms with Gasteiger partial charge in [-0.15, -0.1) is 0 Å². The minimum atomic E-state index is -0.342. The molecule has 0 aliphatic carbocycles. The third kappa shape index (κ3) is 3.15. The number of benzene rings is 1. The molecule has 0 N–H and O–H groups in total. The van der Waals surface area contributed by atoms with Gasteiger partial charge in [0, 0.05) is 11.6 Å². The number of fused-ring (bicyclic) bond motifs is 1. The SMILES string of the molecule is COC(=O)C(C)COc1c(I)cc(Cl)c2cccnc12. The fraction of sp³-hybridized carbons (Fsp3) is 0.286. The van der Waals surface area contributed by atoms with Crippen LogP contribution in [0.4, 0.5) is 0 Å². The summed E-state index contributed by atoms with van der Waals surface area (Å²) in [5.74, 6) is -0.00201. The van der Waals surface area contributed by atoms with E-state index in [4.69, 9.17) is 16.3 Å². The van der Waals surface area contributed by atoms with Gasteiger partial charge in [-0.25, -0.2) is 0 Å². The zero-order valence-electron chi connectivity index (χ0n) is 11.0. The lowest BCUT2D eigenvalue weighted by molar-refractivity contribution is -0.145. The standard InChI is InChI=1S/C14H13ClINO3/c1-8(14(18)19-2)7-20-13-11(16)6-10(15)9-4-3-5-17-12(9)13/h3-6,8H,7H2,1-2H3. The van der Waals surface area contributed by atoms with Crippen LogP contribution in [0.25, 0.3) is 10.9 Å². The second-order valence-electron chi connectivity index (χ2n) is 4.30. The van der Waals surface area contributed by atoms with E-state index in [2.05, 4.69) is 32.3 Å². The lowest BCUT2D eigenvalue weighted by Gasteiger charge is -2.14. The van der Waals surface area contributed by atoms with Crippen LogP contribution in [0.5, 0.6) is 5.75 Å². The van der Waals surface area contributed by atoms with E-state index in [1.807, 2.05) is 18.2 Å². The van der Waals surface area contributed by atoms with Gasteiger partial charge in [0.05, 0.1) is 21.6 Å². The van der Waals surface area contributed by atoms with E-state index in [1.165, 1.54) is 7.11 Å². The first-order chi connectivity index (χ1) is 9.54. The summed E-state index contributed by atoms with van der Waals surface area (Å²) in [5.41, 5.74) is 0.696. The first-order valence-electron chi connectivity index (χ1n) is 5.98. The van der Waals surface area contributed by atoms with Crippen LogP contribution in [0.15, 0.2) is 24.4 Å². The van der Waals surface area contributed by atoms with Crippen LogP contribution in [0.1, 0.15) is 6.92 Å². The molecule has 2 rings (SSSR count). The molecule has 1 unspecified atom stereocenters. The van der Waals surface area contributed by atoms with Crippen LogP contribution in [-0.4, -0.2) is 24.7 Å². The van der Waals surface area contributed by atoms with Crippen LogP contribution < -0.4 is 4.74 Å². The van der Waals surface area contributed by atoms with Gasteiger partial charge in [-0.05, 0) is 47.7 Å². The maximum Gasteiger partial charge on any atom is 0.311 e. The third-order valence-electron chi connectivity index (χ3n) is 2.83. The summed E-state index contributed by atoms with van der Waals surface area (Å²) in [7, 11) is 1.36. The Hall–Kier alpha value is -1.08. The summed E-state index contributed by atoms with van der Waals surface area (Å²) in [6, 6.07) is 5.53. The fourth-order valence-corrected chi connectivity index (χ4v) is 2.93. The molecule has 0 saturated carbocycles. The number of nitrogens with zero attached hydrogens (tertiary/aromatic N) is 1. The smallest absolute Gasteiger partial charge is 0.311 e. The van der Waals surface area contributed by atoms with Crippen molar-refractivity contribution in [2.45, 2.75) is 6.92 Å². The molecule has 20 heavy (non-hydrogen) atoms. The van der Waals surface area contributed by atoms with Gasteiger partial charge < -0.3 is 9.47 Å². The molecule has 1 aromatic carbocycles. The quantitative estimate of drug-likeness (QED) is 0.575. The molecule has 0 amide bonds. The van der Waals surface area contributed by atoms with Crippen molar-refractivity contribution in [3.63, 3.8) is 0 Å². The summed E-state index contributed by atoms with van der Waals surface area (Å²) in [6.45, 7) is 1.99. The Morgan fingerprint density at radius 1 is 1.55 bits per heavy atom. The summed E-state index contributed by atoms with van der Waals surface area (Å²) in [6.07, 6.45) is 1.69. The highest BCUT2D eigenvalue weighted by Gasteiger charge is 2.17. The van der Waals surface area contributed by atoms with Crippen molar-refractivity contribution >= 4 is 51.1 Å². The van der Waals surface area contributed by atoms with Crippen LogP contribution >= 0.6 is 34.2 Å². The molecular formula is C14H13ClINO3. The van der Waals surface area contributed by atoms with E-state index in [0.717, 1.165) is 8.96 Å². The van der Waals surface area contributed by atoms with Gasteiger partial charge >= 0.3 is 5.97 Å². The molecule has 1 aromatic heterocycles. The molecule has 4 nitrogen and oxygen atoms in total. The molecule has 0 aliphatic heterocycles. The molecule has 0 radical (unpaired) electrons. The Balaban J connectivity index is 2.32. The molecule has 0 saturated heterocycles. The van der Waals surface area contributed by atoms with Gasteiger partial charge in [-0.3, -0.25) is 9.78 Å². The third-order valence-corrected chi connectivity index (χ3v) is 3.95. The maximum absolute atomic E-state index is 11.4. The Morgan fingerprint density at radius 2 is 2.30 bits per heavy atom. The summed E-state index contributed by atoms with van der Waals surface area (Å²) < 4.78 is 11.3. The first kappa shape index (κ1) is 15.3. The topological polar surface area (TPSA) is 48.4 Å². The van der Waals surface area contributed by atoms with Crippen LogP contribution in [0, 0.1) is 9.49 Å². The number of methoxy groups -OCH3 is 1. The molecule has 2 aromatic rings. The summed E-state index contributed by atoms with van der Waals surface area (Å²) >= 11 is 8.34. The van der Waals surface area contributed by atoms with Crippen molar-refractivity contribution in [1.82, 2.24) is 4.98 Å². The number of hydrogen-bond acceptors (Lipinski definition) is 4. The highest BCUT2D eigenvalue weighted by molar-refractivity contribution is 14.1. The number of ether oxygens (including phenoxy) is 2. The highest BCUT2D eigenvalue weighted by Crippen LogP contribution is 2.34. The zero-order chi connectivity index (χ0) is 14.7. The van der Waals surface area contributed by atoms with Gasteiger partial charge in [0.15, 0.2) is 5.75 Å². The van der Waals surface area contributed by atoms with E-state index in [1.54, 1.807) is 13.1 Å². The van der Waals surface area contributed by atoms with E-state index >= 15 is 0 Å². The summed E-state index contributed by atoms with van der Waals surface area (Å²) in [4.78, 5) is 15.7. The number of carbonyl (C=O) groups is 1. The zero-order valence-corrected chi connectivity index (χ0v) is 13.9. The van der Waals surface area contributed by atoms with Crippen molar-refractivity contribution in [1.29, 1.82) is 0 Å². The monoisotopic (exact) mass is 405 g/mol. The maximum atomic E-state index is 11.4. The molecule has 0 aliphatic rings. The van der Waals surface area contributed by atoms with Gasteiger partial charge in [0.1, 0.15) is 12.1 Å². The Morgan fingerprint density at radius 3 is 3.00 bits per heavy atom. The number of hydrogen-bond donors (Lipinski definition) is 0. The van der Waals surface area contributed by atoms with E-state index in [9.17, 15) is 4.79 Å². The average molecular weight is 406 g/mol. The fourth-order valence-electron chi connectivity index (χ4n) is 1.76. The van der Waals surface area contributed by atoms with E-state index < -0.39 is 0 Å². The number of rotatable bonds is 4. The average Bonchev–Trinajstić information content (AvgIpc) is 2.45. The Bertz CT molecular complexity index is 648. The molecule has 6 heteroatoms. The van der Waals surface area contributed by atoms with Crippen molar-refractivity contribution in [3.05, 3.63) is 33.0 Å². The second-order valence-corrected chi connectivity index (χ2v) is 5.87. The van der Waals surface area contributed by atoms with E-state index in [0.29, 0.717) is 16.3 Å². The first-order valence-corrected chi connectivity index (χ1v) is 7.43. The van der Waals surface area contributed by atoms with Crippen molar-refractivity contribution in [3.8, 4) is 5.75 Å². The predicted octanol–water partition coefficient (Wildman–Crippen LogP) is 3.68. The van der Waals surface area contributed by atoms with Gasteiger partial charge in [0.25, 0.3) is 0 Å². The molecular weight excluding hydrogens is 393 g/mol. The number of pyridine rings is 1. The van der Waals surface area contributed by atoms with E-state index in [-0.39, 0.29) is 18.5 Å². The predicted molar refractivity (Wildman–Crippen MR) is 86.1 cm³/mol. The lowest BCUT2D eigenvalue weighted by atomic mass is 10.2. The molecule has 1 atom stereocenters. The number of aromatic nitrogens is 1.